The molecule has 2 rings (SSSR count). The summed E-state index contributed by atoms with van der Waals surface area (Å²) in [6, 6.07) is 3.69. The Labute approximate surface area is 114 Å². The van der Waals surface area contributed by atoms with Gasteiger partial charge in [-0.1, -0.05) is 11.6 Å². The zero-order valence-electron chi connectivity index (χ0n) is 10.0. The van der Waals surface area contributed by atoms with Crippen LogP contribution in [0, 0.1) is 5.82 Å². The molecule has 5 nitrogen and oxygen atoms in total. The van der Waals surface area contributed by atoms with E-state index in [2.05, 4.69) is 5.32 Å². The van der Waals surface area contributed by atoms with Gasteiger partial charge in [0.25, 0.3) is 0 Å². The second-order valence-electron chi connectivity index (χ2n) is 4.50. The summed E-state index contributed by atoms with van der Waals surface area (Å²) in [5, 5.41) is 21.4. The maximum absolute atomic E-state index is 12.8. The molecule has 0 aromatic heterocycles. The Bertz CT molecular complexity index is 476. The van der Waals surface area contributed by atoms with E-state index in [4.69, 9.17) is 11.6 Å². The van der Waals surface area contributed by atoms with Crippen LogP contribution in [0.1, 0.15) is 0 Å². The zero-order chi connectivity index (χ0) is 14.0. The number of carbonyl (C=O) groups is 1. The molecule has 2 unspecified atom stereocenters. The van der Waals surface area contributed by atoms with Crippen LogP contribution in [0.4, 0.5) is 10.1 Å². The SMILES string of the molecule is O=C(CN1CC(O)C(O)C1)Nc1ccc(F)cc1Cl. The number of carbonyl (C=O) groups excluding carboxylic acids is 1. The lowest BCUT2D eigenvalue weighted by Crippen LogP contribution is -2.32. The van der Waals surface area contributed by atoms with Crippen LogP contribution in [0.5, 0.6) is 0 Å². The number of amides is 1. The molecular weight excluding hydrogens is 275 g/mol. The molecule has 1 aliphatic heterocycles. The van der Waals surface area contributed by atoms with Gasteiger partial charge in [0, 0.05) is 13.1 Å². The average molecular weight is 289 g/mol. The van der Waals surface area contributed by atoms with Crippen molar-refractivity contribution in [2.24, 2.45) is 0 Å². The number of likely N-dealkylation sites (tertiary alicyclic amines) is 1. The van der Waals surface area contributed by atoms with E-state index < -0.39 is 18.0 Å². The maximum Gasteiger partial charge on any atom is 0.238 e. The van der Waals surface area contributed by atoms with Crippen molar-refractivity contribution < 1.29 is 19.4 Å². The molecule has 1 amide bonds. The largest absolute Gasteiger partial charge is 0.389 e. The molecule has 19 heavy (non-hydrogen) atoms. The minimum absolute atomic E-state index is 0.0296. The lowest BCUT2D eigenvalue weighted by atomic mass is 10.3. The predicted molar refractivity (Wildman–Crippen MR) is 68.5 cm³/mol. The molecule has 2 atom stereocenters. The van der Waals surface area contributed by atoms with Gasteiger partial charge in [0.15, 0.2) is 0 Å². The molecule has 0 spiro atoms. The van der Waals surface area contributed by atoms with Crippen LogP contribution >= 0.6 is 11.6 Å². The van der Waals surface area contributed by atoms with Crippen molar-refractivity contribution in [1.82, 2.24) is 4.90 Å². The number of rotatable bonds is 3. The Hall–Kier alpha value is -1.21. The second kappa shape index (κ2) is 5.83. The van der Waals surface area contributed by atoms with E-state index in [1.807, 2.05) is 0 Å². The number of hydrogen-bond acceptors (Lipinski definition) is 4. The molecule has 1 aromatic carbocycles. The smallest absolute Gasteiger partial charge is 0.238 e. The number of aliphatic hydroxyl groups excluding tert-OH is 2. The fraction of sp³-hybridized carbons (Fsp3) is 0.417. The first kappa shape index (κ1) is 14.2. The summed E-state index contributed by atoms with van der Waals surface area (Å²) in [5.74, 6) is -0.816. The minimum Gasteiger partial charge on any atom is -0.389 e. The topological polar surface area (TPSA) is 72.8 Å². The van der Waals surface area contributed by atoms with Gasteiger partial charge in [0.2, 0.25) is 5.91 Å². The van der Waals surface area contributed by atoms with Gasteiger partial charge >= 0.3 is 0 Å². The number of anilines is 1. The lowest BCUT2D eigenvalue weighted by Gasteiger charge is -2.14. The third kappa shape index (κ3) is 3.63. The summed E-state index contributed by atoms with van der Waals surface area (Å²) < 4.78 is 12.8. The highest BCUT2D eigenvalue weighted by Crippen LogP contribution is 2.22. The van der Waals surface area contributed by atoms with Crippen LogP contribution in [0.3, 0.4) is 0 Å². The van der Waals surface area contributed by atoms with Crippen molar-refractivity contribution in [2.45, 2.75) is 12.2 Å². The number of hydrogen-bond donors (Lipinski definition) is 3. The van der Waals surface area contributed by atoms with Crippen LogP contribution in [-0.4, -0.2) is 52.9 Å². The summed E-state index contributed by atoms with van der Waals surface area (Å²) >= 11 is 5.79. The molecule has 0 aliphatic carbocycles. The van der Waals surface area contributed by atoms with Crippen molar-refractivity contribution >= 4 is 23.2 Å². The third-order valence-electron chi connectivity index (χ3n) is 2.91. The quantitative estimate of drug-likeness (QED) is 0.755. The van der Waals surface area contributed by atoms with Crippen LogP contribution < -0.4 is 5.32 Å². The van der Waals surface area contributed by atoms with Crippen molar-refractivity contribution in [2.75, 3.05) is 25.0 Å². The number of nitrogens with zero attached hydrogens (tertiary/aromatic N) is 1. The van der Waals surface area contributed by atoms with Crippen LogP contribution in [0.15, 0.2) is 18.2 Å². The van der Waals surface area contributed by atoms with Gasteiger partial charge in [-0.3, -0.25) is 9.69 Å². The number of aliphatic hydroxyl groups is 2. The lowest BCUT2D eigenvalue weighted by molar-refractivity contribution is -0.117. The van der Waals surface area contributed by atoms with Crippen molar-refractivity contribution in [3.63, 3.8) is 0 Å². The molecule has 1 heterocycles. The van der Waals surface area contributed by atoms with E-state index >= 15 is 0 Å². The zero-order valence-corrected chi connectivity index (χ0v) is 10.8. The highest BCUT2D eigenvalue weighted by Gasteiger charge is 2.30. The number of β-amino-alcohol motifs (C(OH)–C–C–N with tert-alkyl or cyclic N) is 2. The van der Waals surface area contributed by atoms with Crippen molar-refractivity contribution in [3.05, 3.63) is 29.0 Å². The van der Waals surface area contributed by atoms with Gasteiger partial charge in [-0.2, -0.15) is 0 Å². The summed E-state index contributed by atoms with van der Waals surface area (Å²) in [6.45, 7) is 0.513. The molecule has 3 N–H and O–H groups in total. The first-order valence-electron chi connectivity index (χ1n) is 5.79. The first-order valence-corrected chi connectivity index (χ1v) is 6.17. The van der Waals surface area contributed by atoms with E-state index in [1.165, 1.54) is 12.1 Å². The van der Waals surface area contributed by atoms with Gasteiger partial charge < -0.3 is 15.5 Å². The Morgan fingerprint density at radius 3 is 2.63 bits per heavy atom. The summed E-state index contributed by atoms with van der Waals surface area (Å²) in [7, 11) is 0. The molecule has 0 radical (unpaired) electrons. The highest BCUT2D eigenvalue weighted by molar-refractivity contribution is 6.33. The Balaban J connectivity index is 1.91. The second-order valence-corrected chi connectivity index (χ2v) is 4.91. The molecule has 1 saturated heterocycles. The highest BCUT2D eigenvalue weighted by atomic mass is 35.5. The fourth-order valence-corrected chi connectivity index (χ4v) is 2.17. The van der Waals surface area contributed by atoms with E-state index in [1.54, 1.807) is 4.90 Å². The third-order valence-corrected chi connectivity index (χ3v) is 3.22. The Morgan fingerprint density at radius 2 is 2.05 bits per heavy atom. The fourth-order valence-electron chi connectivity index (χ4n) is 1.96. The molecule has 1 fully saturated rings. The summed E-state index contributed by atoms with van der Waals surface area (Å²) in [4.78, 5) is 13.4. The number of benzene rings is 1. The number of halogens is 2. The van der Waals surface area contributed by atoms with Crippen LogP contribution in [0.2, 0.25) is 5.02 Å². The van der Waals surface area contributed by atoms with E-state index in [0.29, 0.717) is 5.69 Å². The Morgan fingerprint density at radius 1 is 1.42 bits per heavy atom. The summed E-state index contributed by atoms with van der Waals surface area (Å²) in [6.07, 6.45) is -1.66. The van der Waals surface area contributed by atoms with Crippen LogP contribution in [0.25, 0.3) is 0 Å². The normalized spacial score (nSPS) is 23.6. The molecule has 7 heteroatoms. The van der Waals surface area contributed by atoms with Gasteiger partial charge in [-0.05, 0) is 18.2 Å². The van der Waals surface area contributed by atoms with E-state index in [9.17, 15) is 19.4 Å². The van der Waals surface area contributed by atoms with Gasteiger partial charge in [-0.15, -0.1) is 0 Å². The van der Waals surface area contributed by atoms with E-state index in [0.717, 1.165) is 6.07 Å². The first-order chi connectivity index (χ1) is 8.95. The molecule has 0 bridgehead atoms. The monoisotopic (exact) mass is 288 g/mol. The van der Waals surface area contributed by atoms with Gasteiger partial charge in [-0.25, -0.2) is 4.39 Å². The number of nitrogens with one attached hydrogen (secondary N) is 1. The molecule has 0 saturated carbocycles. The molecule has 104 valence electrons. The van der Waals surface area contributed by atoms with E-state index in [-0.39, 0.29) is 30.6 Å². The Kier molecular flexibility index (Phi) is 4.36. The molecule has 1 aliphatic rings. The van der Waals surface area contributed by atoms with Crippen molar-refractivity contribution in [3.8, 4) is 0 Å². The molecular formula is C12H14ClFN2O3. The van der Waals surface area contributed by atoms with Crippen LogP contribution in [-0.2, 0) is 4.79 Å². The van der Waals surface area contributed by atoms with Crippen molar-refractivity contribution in [1.29, 1.82) is 0 Å². The van der Waals surface area contributed by atoms with Gasteiger partial charge in [0.1, 0.15) is 5.82 Å². The minimum atomic E-state index is -0.831. The summed E-state index contributed by atoms with van der Waals surface area (Å²) in [5.41, 5.74) is 0.327. The maximum atomic E-state index is 12.8. The van der Waals surface area contributed by atoms with Gasteiger partial charge in [0.05, 0.1) is 29.5 Å². The standard InChI is InChI=1S/C12H14ClFN2O3/c13-8-3-7(14)1-2-9(8)15-12(19)6-16-4-10(17)11(18)5-16/h1-3,10-11,17-18H,4-6H2,(H,15,19). The molecule has 1 aromatic rings. The predicted octanol–water partition coefficient (Wildman–Crippen LogP) is 0.455. The average Bonchev–Trinajstić information content (AvgIpc) is 2.62.